The van der Waals surface area contributed by atoms with Gasteiger partial charge in [0.15, 0.2) is 5.78 Å². The van der Waals surface area contributed by atoms with Crippen molar-refractivity contribution in [2.75, 3.05) is 20.1 Å². The van der Waals surface area contributed by atoms with Crippen LogP contribution in [0.25, 0.3) is 10.9 Å². The summed E-state index contributed by atoms with van der Waals surface area (Å²) in [6, 6.07) is 12.0. The average Bonchev–Trinajstić information content (AvgIpc) is 3.37. The molecule has 4 rings (SSSR count). The number of aromatic amines is 1. The maximum atomic E-state index is 13.2. The van der Waals surface area contributed by atoms with Crippen LogP contribution in [0.15, 0.2) is 54.7 Å². The molecule has 0 aliphatic carbocycles. The van der Waals surface area contributed by atoms with E-state index in [0.29, 0.717) is 17.7 Å². The number of β-amino-alcohol motifs (C(OH)–C–C–N with tert-alkyl or cyclic N) is 1. The Morgan fingerprint density at radius 2 is 1.88 bits per heavy atom. The Morgan fingerprint density at radius 1 is 1.18 bits per heavy atom. The minimum Gasteiger partial charge on any atom is -0.406 e. The van der Waals surface area contributed by atoms with Crippen molar-refractivity contribution in [3.63, 3.8) is 0 Å². The maximum Gasteiger partial charge on any atom is 0.573 e. The van der Waals surface area contributed by atoms with Crippen LogP contribution < -0.4 is 4.74 Å². The molecule has 0 spiro atoms. The third-order valence-corrected chi connectivity index (χ3v) is 5.77. The zero-order valence-corrected chi connectivity index (χ0v) is 18.4. The number of nitrogens with zero attached hydrogens (tertiary/aromatic N) is 2. The first-order valence-electron chi connectivity index (χ1n) is 10.7. The van der Waals surface area contributed by atoms with E-state index in [1.54, 1.807) is 18.1 Å². The number of aromatic nitrogens is 1. The number of fused-ring (bicyclic) bond motifs is 1. The number of rotatable bonds is 7. The molecule has 7 nitrogen and oxygen atoms in total. The zero-order chi connectivity index (χ0) is 24.5. The van der Waals surface area contributed by atoms with Gasteiger partial charge in [0, 0.05) is 36.6 Å². The number of carbonyl (C=O) groups is 2. The van der Waals surface area contributed by atoms with Gasteiger partial charge in [-0.3, -0.25) is 14.5 Å². The molecule has 2 aromatic carbocycles. The molecule has 10 heteroatoms. The van der Waals surface area contributed by atoms with Gasteiger partial charge in [-0.05, 0) is 30.8 Å². The number of likely N-dealkylation sites (tertiary alicyclic amines) is 1. The number of Topliss-reactive ketones (excluding diaryl/α,β-unsaturated/α-hetero) is 1. The molecule has 2 heterocycles. The summed E-state index contributed by atoms with van der Waals surface area (Å²) in [5, 5.41) is 10.9. The first kappa shape index (κ1) is 23.8. The minimum atomic E-state index is -4.76. The number of hydrogen-bond donors (Lipinski definition) is 2. The van der Waals surface area contributed by atoms with E-state index in [-0.39, 0.29) is 37.0 Å². The summed E-state index contributed by atoms with van der Waals surface area (Å²) < 4.78 is 40.8. The Balaban J connectivity index is 1.40. The molecule has 34 heavy (non-hydrogen) atoms. The molecule has 2 N–H and O–H groups in total. The molecule has 1 amide bonds. The molecular formula is C24H24F3N3O4. The number of aliphatic hydroxyl groups excluding tert-OH is 1. The summed E-state index contributed by atoms with van der Waals surface area (Å²) in [6.45, 7) is 0.388. The van der Waals surface area contributed by atoms with Crippen molar-refractivity contribution in [3.05, 3.63) is 65.9 Å². The van der Waals surface area contributed by atoms with Gasteiger partial charge < -0.3 is 19.7 Å². The molecule has 1 aliphatic heterocycles. The number of para-hydroxylation sites is 1. The molecule has 3 aromatic rings. The predicted octanol–water partition coefficient (Wildman–Crippen LogP) is 3.34. The lowest BCUT2D eigenvalue weighted by Crippen LogP contribution is -2.44. The highest BCUT2D eigenvalue weighted by Gasteiger charge is 2.39. The van der Waals surface area contributed by atoms with Crippen LogP contribution in [0.5, 0.6) is 5.75 Å². The van der Waals surface area contributed by atoms with Crippen molar-refractivity contribution >= 4 is 22.6 Å². The number of carbonyl (C=O) groups excluding carboxylic acids is 2. The monoisotopic (exact) mass is 475 g/mol. The third-order valence-electron chi connectivity index (χ3n) is 5.77. The van der Waals surface area contributed by atoms with E-state index in [1.807, 2.05) is 24.3 Å². The fraction of sp³-hybridized carbons (Fsp3) is 0.333. The topological polar surface area (TPSA) is 85.9 Å². The second-order valence-electron chi connectivity index (χ2n) is 8.44. The van der Waals surface area contributed by atoms with E-state index in [1.165, 1.54) is 29.2 Å². The highest BCUT2D eigenvalue weighted by Crippen LogP contribution is 2.26. The van der Waals surface area contributed by atoms with Gasteiger partial charge in [0.1, 0.15) is 5.75 Å². The molecule has 1 fully saturated rings. The largest absolute Gasteiger partial charge is 0.573 e. The summed E-state index contributed by atoms with van der Waals surface area (Å²) in [4.78, 5) is 32.5. The van der Waals surface area contributed by atoms with Gasteiger partial charge in [0.2, 0.25) is 0 Å². The predicted molar refractivity (Wildman–Crippen MR) is 118 cm³/mol. The smallest absolute Gasteiger partial charge is 0.406 e. The number of hydrogen-bond acceptors (Lipinski definition) is 5. The molecule has 1 saturated heterocycles. The van der Waals surface area contributed by atoms with E-state index in [9.17, 15) is 27.9 Å². The maximum absolute atomic E-state index is 13.2. The SMILES string of the molecule is CN(CC(=O)C1CC(O)CN1C(=O)c1c[nH]c2ccccc12)Cc1ccc(OC(F)(F)F)cc1. The normalized spacial score (nSPS) is 18.6. The first-order chi connectivity index (χ1) is 16.1. The van der Waals surface area contributed by atoms with Crippen LogP contribution in [-0.4, -0.2) is 70.2 Å². The molecule has 180 valence electrons. The number of ether oxygens (including phenoxy) is 1. The Hall–Kier alpha value is -3.37. The Bertz CT molecular complexity index is 1180. The van der Waals surface area contributed by atoms with Crippen molar-refractivity contribution in [1.82, 2.24) is 14.8 Å². The van der Waals surface area contributed by atoms with E-state index in [2.05, 4.69) is 9.72 Å². The fourth-order valence-electron chi connectivity index (χ4n) is 4.28. The van der Waals surface area contributed by atoms with E-state index >= 15 is 0 Å². The molecule has 0 saturated carbocycles. The number of ketones is 1. The van der Waals surface area contributed by atoms with Crippen molar-refractivity contribution in [1.29, 1.82) is 0 Å². The highest BCUT2D eigenvalue weighted by atomic mass is 19.4. The summed E-state index contributed by atoms with van der Waals surface area (Å²) >= 11 is 0. The molecule has 0 radical (unpaired) electrons. The van der Waals surface area contributed by atoms with Crippen LogP contribution in [0.3, 0.4) is 0 Å². The lowest BCUT2D eigenvalue weighted by Gasteiger charge is -2.25. The molecular weight excluding hydrogens is 451 g/mol. The van der Waals surface area contributed by atoms with Gasteiger partial charge in [0.25, 0.3) is 5.91 Å². The van der Waals surface area contributed by atoms with Crippen LogP contribution >= 0.6 is 0 Å². The van der Waals surface area contributed by atoms with Crippen LogP contribution in [0, 0.1) is 0 Å². The number of nitrogens with one attached hydrogen (secondary N) is 1. The second kappa shape index (κ2) is 9.47. The van der Waals surface area contributed by atoms with Crippen molar-refractivity contribution in [2.24, 2.45) is 0 Å². The van der Waals surface area contributed by atoms with Crippen molar-refractivity contribution < 1.29 is 32.6 Å². The minimum absolute atomic E-state index is 0.00978. The quantitative estimate of drug-likeness (QED) is 0.548. The van der Waals surface area contributed by atoms with Crippen LogP contribution in [0.2, 0.25) is 0 Å². The van der Waals surface area contributed by atoms with Gasteiger partial charge >= 0.3 is 6.36 Å². The third kappa shape index (κ3) is 5.40. The van der Waals surface area contributed by atoms with E-state index < -0.39 is 18.5 Å². The van der Waals surface area contributed by atoms with Crippen LogP contribution in [0.1, 0.15) is 22.3 Å². The Morgan fingerprint density at radius 3 is 2.59 bits per heavy atom. The average molecular weight is 475 g/mol. The van der Waals surface area contributed by atoms with Gasteiger partial charge in [-0.2, -0.15) is 0 Å². The fourth-order valence-corrected chi connectivity index (χ4v) is 4.28. The van der Waals surface area contributed by atoms with Gasteiger partial charge in [-0.25, -0.2) is 0 Å². The van der Waals surface area contributed by atoms with Crippen LogP contribution in [0.4, 0.5) is 13.2 Å². The number of halogens is 3. The summed E-state index contributed by atoms with van der Waals surface area (Å²) in [7, 11) is 1.70. The number of likely N-dealkylation sites (N-methyl/N-ethyl adjacent to an activating group) is 1. The van der Waals surface area contributed by atoms with Gasteiger partial charge in [-0.1, -0.05) is 30.3 Å². The van der Waals surface area contributed by atoms with E-state index in [0.717, 1.165) is 10.9 Å². The number of H-pyrrole nitrogens is 1. The first-order valence-corrected chi connectivity index (χ1v) is 10.7. The highest BCUT2D eigenvalue weighted by molar-refractivity contribution is 6.08. The summed E-state index contributed by atoms with van der Waals surface area (Å²) in [5.74, 6) is -0.860. The second-order valence-corrected chi connectivity index (χ2v) is 8.44. The van der Waals surface area contributed by atoms with Gasteiger partial charge in [0.05, 0.1) is 24.3 Å². The standard InChI is InChI=1S/C24H24F3N3O4/c1-29(12-15-6-8-17(9-7-15)34-24(25,26)27)14-22(32)21-10-16(31)13-30(21)23(33)19-11-28-20-5-3-2-4-18(19)20/h2-9,11,16,21,28,31H,10,12-14H2,1H3. The van der Waals surface area contributed by atoms with E-state index in [4.69, 9.17) is 0 Å². The molecule has 2 atom stereocenters. The molecule has 2 unspecified atom stereocenters. The number of amides is 1. The molecule has 0 bridgehead atoms. The summed E-state index contributed by atoms with van der Waals surface area (Å²) in [6.07, 6.45) is -3.79. The summed E-state index contributed by atoms with van der Waals surface area (Å²) in [5.41, 5.74) is 1.94. The van der Waals surface area contributed by atoms with Gasteiger partial charge in [-0.15, -0.1) is 13.2 Å². The number of alkyl halides is 3. The van der Waals surface area contributed by atoms with Crippen LogP contribution in [-0.2, 0) is 11.3 Å². The number of benzene rings is 2. The Kier molecular flexibility index (Phi) is 6.63. The lowest BCUT2D eigenvalue weighted by molar-refractivity contribution is -0.274. The lowest BCUT2D eigenvalue weighted by atomic mass is 10.1. The van der Waals surface area contributed by atoms with Crippen molar-refractivity contribution in [3.8, 4) is 5.75 Å². The number of aliphatic hydroxyl groups is 1. The van der Waals surface area contributed by atoms with Crippen molar-refractivity contribution in [2.45, 2.75) is 31.5 Å². The molecule has 1 aromatic heterocycles. The molecule has 1 aliphatic rings. The Labute approximate surface area is 193 Å². The zero-order valence-electron chi connectivity index (χ0n) is 18.4.